The molecule has 1 fully saturated rings. The van der Waals surface area contributed by atoms with Crippen molar-refractivity contribution in [3.63, 3.8) is 0 Å². The number of aliphatic hydroxyl groups excluding tert-OH is 1. The van der Waals surface area contributed by atoms with Gasteiger partial charge < -0.3 is 9.84 Å². The van der Waals surface area contributed by atoms with Gasteiger partial charge in [-0.1, -0.05) is 20.3 Å². The van der Waals surface area contributed by atoms with E-state index in [2.05, 4.69) is 13.8 Å². The SMILES string of the molecule is CC(C)COC1CCC[CH]C1O. The predicted molar refractivity (Wildman–Crippen MR) is 48.7 cm³/mol. The van der Waals surface area contributed by atoms with Crippen LogP contribution in [0.1, 0.15) is 33.1 Å². The van der Waals surface area contributed by atoms with Gasteiger partial charge in [-0.05, 0) is 25.2 Å². The van der Waals surface area contributed by atoms with E-state index >= 15 is 0 Å². The van der Waals surface area contributed by atoms with Crippen LogP contribution in [0.25, 0.3) is 0 Å². The Morgan fingerprint density at radius 1 is 1.58 bits per heavy atom. The molecule has 2 heteroatoms. The van der Waals surface area contributed by atoms with E-state index in [1.54, 1.807) is 0 Å². The van der Waals surface area contributed by atoms with E-state index in [0.717, 1.165) is 25.9 Å². The standard InChI is InChI=1S/C10H19O2/c1-8(2)7-12-10-6-4-3-5-9(10)11/h5,8-11H,3-4,6-7H2,1-2H3. The summed E-state index contributed by atoms with van der Waals surface area (Å²) in [5.41, 5.74) is 0. The molecule has 0 amide bonds. The van der Waals surface area contributed by atoms with Gasteiger partial charge in [0.15, 0.2) is 0 Å². The number of hydrogen-bond donors (Lipinski definition) is 1. The molecule has 12 heavy (non-hydrogen) atoms. The average Bonchev–Trinajstić information content (AvgIpc) is 2.03. The second-order valence-corrected chi connectivity index (χ2v) is 3.92. The molecule has 71 valence electrons. The molecule has 0 heterocycles. The number of ether oxygens (including phenoxy) is 1. The molecule has 2 nitrogen and oxygen atoms in total. The molecule has 0 aromatic heterocycles. The lowest BCUT2D eigenvalue weighted by Gasteiger charge is -2.27. The summed E-state index contributed by atoms with van der Waals surface area (Å²) in [6, 6.07) is 0. The van der Waals surface area contributed by atoms with Gasteiger partial charge in [-0.15, -0.1) is 0 Å². The van der Waals surface area contributed by atoms with Crippen LogP contribution in [-0.4, -0.2) is 23.9 Å². The average molecular weight is 171 g/mol. The Labute approximate surface area is 74.9 Å². The molecule has 2 atom stereocenters. The van der Waals surface area contributed by atoms with Crippen molar-refractivity contribution >= 4 is 0 Å². The van der Waals surface area contributed by atoms with Gasteiger partial charge >= 0.3 is 0 Å². The Kier molecular flexibility index (Phi) is 4.02. The first-order chi connectivity index (χ1) is 5.70. The van der Waals surface area contributed by atoms with E-state index in [4.69, 9.17) is 4.74 Å². The first-order valence-corrected chi connectivity index (χ1v) is 4.83. The van der Waals surface area contributed by atoms with Gasteiger partial charge in [0.25, 0.3) is 0 Å². The Hall–Kier alpha value is -0.0800. The fourth-order valence-electron chi connectivity index (χ4n) is 1.43. The third-order valence-corrected chi connectivity index (χ3v) is 2.13. The van der Waals surface area contributed by atoms with Crippen molar-refractivity contribution in [2.45, 2.75) is 45.3 Å². The highest BCUT2D eigenvalue weighted by molar-refractivity contribution is 4.87. The first kappa shape index (κ1) is 10.0. The molecule has 1 saturated carbocycles. The number of hydrogen-bond acceptors (Lipinski definition) is 2. The molecule has 1 N–H and O–H groups in total. The number of aliphatic hydroxyl groups is 1. The smallest absolute Gasteiger partial charge is 0.0836 e. The van der Waals surface area contributed by atoms with Gasteiger partial charge in [-0.25, -0.2) is 0 Å². The fourth-order valence-corrected chi connectivity index (χ4v) is 1.43. The molecule has 0 saturated heterocycles. The molecule has 1 aliphatic rings. The highest BCUT2D eigenvalue weighted by Crippen LogP contribution is 2.20. The Balaban J connectivity index is 2.20. The third kappa shape index (κ3) is 3.11. The predicted octanol–water partition coefficient (Wildman–Crippen LogP) is 1.78. The van der Waals surface area contributed by atoms with Crippen molar-refractivity contribution in [3.8, 4) is 0 Å². The Morgan fingerprint density at radius 2 is 2.33 bits per heavy atom. The van der Waals surface area contributed by atoms with Gasteiger partial charge in [-0.3, -0.25) is 0 Å². The lowest BCUT2D eigenvalue weighted by atomic mass is 9.95. The normalized spacial score (nSPS) is 31.0. The van der Waals surface area contributed by atoms with E-state index in [1.165, 1.54) is 0 Å². The fraction of sp³-hybridized carbons (Fsp3) is 0.900. The quantitative estimate of drug-likeness (QED) is 0.701. The third-order valence-electron chi connectivity index (χ3n) is 2.13. The second kappa shape index (κ2) is 4.83. The largest absolute Gasteiger partial charge is 0.390 e. The van der Waals surface area contributed by atoms with Crippen LogP contribution >= 0.6 is 0 Å². The van der Waals surface area contributed by atoms with Crippen molar-refractivity contribution in [3.05, 3.63) is 6.42 Å². The summed E-state index contributed by atoms with van der Waals surface area (Å²) < 4.78 is 5.58. The second-order valence-electron chi connectivity index (χ2n) is 3.92. The minimum absolute atomic E-state index is 0.0566. The van der Waals surface area contributed by atoms with Crippen molar-refractivity contribution in [2.24, 2.45) is 5.92 Å². The summed E-state index contributed by atoms with van der Waals surface area (Å²) in [6.07, 6.45) is 4.86. The summed E-state index contributed by atoms with van der Waals surface area (Å²) in [5.74, 6) is 0.555. The van der Waals surface area contributed by atoms with E-state index in [9.17, 15) is 5.11 Å². The van der Waals surface area contributed by atoms with Crippen LogP contribution < -0.4 is 0 Å². The number of rotatable bonds is 3. The minimum Gasteiger partial charge on any atom is -0.390 e. The maximum Gasteiger partial charge on any atom is 0.0836 e. The molecular weight excluding hydrogens is 152 g/mol. The molecule has 1 radical (unpaired) electrons. The van der Waals surface area contributed by atoms with Gasteiger partial charge in [0.2, 0.25) is 0 Å². The highest BCUT2D eigenvalue weighted by atomic mass is 16.5. The molecule has 0 aliphatic heterocycles. The molecular formula is C10H19O2. The van der Waals surface area contributed by atoms with Gasteiger partial charge in [0.05, 0.1) is 12.2 Å². The van der Waals surface area contributed by atoms with Crippen molar-refractivity contribution in [1.82, 2.24) is 0 Å². The maximum absolute atomic E-state index is 9.50. The molecule has 0 spiro atoms. The van der Waals surface area contributed by atoms with Crippen LogP contribution in [0, 0.1) is 12.3 Å². The summed E-state index contributed by atoms with van der Waals surface area (Å²) in [6.45, 7) is 5.01. The van der Waals surface area contributed by atoms with Crippen LogP contribution in [0.5, 0.6) is 0 Å². The summed E-state index contributed by atoms with van der Waals surface area (Å²) >= 11 is 0. The van der Waals surface area contributed by atoms with E-state index < -0.39 is 0 Å². The zero-order valence-corrected chi connectivity index (χ0v) is 7.99. The van der Waals surface area contributed by atoms with E-state index in [0.29, 0.717) is 5.92 Å². The summed E-state index contributed by atoms with van der Waals surface area (Å²) in [7, 11) is 0. The van der Waals surface area contributed by atoms with Crippen molar-refractivity contribution in [1.29, 1.82) is 0 Å². The monoisotopic (exact) mass is 171 g/mol. The lowest BCUT2D eigenvalue weighted by molar-refractivity contribution is -0.0478. The van der Waals surface area contributed by atoms with Crippen molar-refractivity contribution in [2.75, 3.05) is 6.61 Å². The van der Waals surface area contributed by atoms with Gasteiger partial charge in [0, 0.05) is 6.61 Å². The maximum atomic E-state index is 9.50. The topological polar surface area (TPSA) is 29.5 Å². The molecule has 1 rings (SSSR count). The molecule has 0 bridgehead atoms. The van der Waals surface area contributed by atoms with Crippen LogP contribution in [0.3, 0.4) is 0 Å². The Bertz CT molecular complexity index is 123. The summed E-state index contributed by atoms with van der Waals surface area (Å²) in [5, 5.41) is 9.50. The zero-order valence-electron chi connectivity index (χ0n) is 7.99. The van der Waals surface area contributed by atoms with Crippen LogP contribution in [0.2, 0.25) is 0 Å². The van der Waals surface area contributed by atoms with Crippen molar-refractivity contribution < 1.29 is 9.84 Å². The van der Waals surface area contributed by atoms with E-state index in [-0.39, 0.29) is 12.2 Å². The highest BCUT2D eigenvalue weighted by Gasteiger charge is 2.23. The molecule has 0 aromatic rings. The molecule has 1 aliphatic carbocycles. The van der Waals surface area contributed by atoms with Crippen LogP contribution in [0.4, 0.5) is 0 Å². The van der Waals surface area contributed by atoms with Crippen LogP contribution in [-0.2, 0) is 4.74 Å². The summed E-state index contributed by atoms with van der Waals surface area (Å²) in [4.78, 5) is 0. The molecule has 0 aromatic carbocycles. The van der Waals surface area contributed by atoms with Gasteiger partial charge in [0.1, 0.15) is 0 Å². The lowest BCUT2D eigenvalue weighted by Crippen LogP contribution is -2.33. The zero-order chi connectivity index (χ0) is 8.97. The van der Waals surface area contributed by atoms with E-state index in [1.807, 2.05) is 6.42 Å². The molecule has 2 unspecified atom stereocenters. The minimum atomic E-state index is -0.336. The van der Waals surface area contributed by atoms with Crippen LogP contribution in [0.15, 0.2) is 0 Å². The Morgan fingerprint density at radius 3 is 2.92 bits per heavy atom. The first-order valence-electron chi connectivity index (χ1n) is 4.83. The van der Waals surface area contributed by atoms with Gasteiger partial charge in [-0.2, -0.15) is 0 Å².